The number of hydrogen-bond acceptors (Lipinski definition) is 3. The van der Waals surface area contributed by atoms with Crippen LogP contribution in [0.2, 0.25) is 0 Å². The molecule has 0 saturated heterocycles. The van der Waals surface area contributed by atoms with Crippen LogP contribution in [0.5, 0.6) is 0 Å². The molecule has 2 atom stereocenters. The van der Waals surface area contributed by atoms with Gasteiger partial charge in [0, 0.05) is 39.2 Å². The van der Waals surface area contributed by atoms with Crippen molar-refractivity contribution in [1.29, 1.82) is 0 Å². The first kappa shape index (κ1) is 9.86. The highest BCUT2D eigenvalue weighted by molar-refractivity contribution is 6.08. The maximum Gasteiger partial charge on any atom is 0.227 e. The van der Waals surface area contributed by atoms with E-state index in [0.717, 1.165) is 10.8 Å². The molecule has 3 nitrogen and oxygen atoms in total. The van der Waals surface area contributed by atoms with Gasteiger partial charge >= 0.3 is 0 Å². The fourth-order valence-corrected chi connectivity index (χ4v) is 3.10. The van der Waals surface area contributed by atoms with E-state index in [1.807, 2.05) is 12.1 Å². The minimum absolute atomic E-state index is 0.0653. The Kier molecular flexibility index (Phi) is 2.49. The Balaban J connectivity index is 1.81. The Bertz CT molecular complexity index is 1370. The Labute approximate surface area is 165 Å². The van der Waals surface area contributed by atoms with Gasteiger partial charge < -0.3 is 4.42 Å². The van der Waals surface area contributed by atoms with Crippen LogP contribution >= 0.6 is 0 Å². The number of nitrogens with zero attached hydrogens (tertiary/aromatic N) is 2. The molecular weight excluding hydrogens is 320 g/mol. The largest absolute Gasteiger partial charge is 0.437 e. The smallest absolute Gasteiger partial charge is 0.227 e. The summed E-state index contributed by atoms with van der Waals surface area (Å²) in [6.45, 7) is -2.26. The monoisotopic (exact) mass is 352 g/mol. The Morgan fingerprint density at radius 1 is 1.12 bits per heavy atom. The van der Waals surface area contributed by atoms with E-state index in [-0.39, 0.29) is 6.42 Å². The summed E-state index contributed by atoms with van der Waals surface area (Å²) in [7, 11) is 0. The number of rotatable bonds is 4. The average molecular weight is 353 g/mol. The summed E-state index contributed by atoms with van der Waals surface area (Å²) in [4.78, 5) is 8.86. The average Bonchev–Trinajstić information content (AvgIpc) is 3.09. The van der Waals surface area contributed by atoms with Crippen LogP contribution in [0.1, 0.15) is 55.7 Å². The molecule has 1 aromatic carbocycles. The predicted octanol–water partition coefficient (Wildman–Crippen LogP) is 6.36. The third-order valence-corrected chi connectivity index (χ3v) is 4.34. The second-order valence-electron chi connectivity index (χ2n) is 6.45. The SMILES string of the molecule is [2H]C([2H])([2H])C([2H])(C)Cc1ccc2c(n1)oc1c(-c3cc(C([2H])(C)C([2H])([2H])[2H])ccn3)cccc12. The van der Waals surface area contributed by atoms with Gasteiger partial charge in [-0.15, -0.1) is 0 Å². The maximum atomic E-state index is 8.39. The summed E-state index contributed by atoms with van der Waals surface area (Å²) in [5, 5.41) is 1.50. The quantitative estimate of drug-likeness (QED) is 0.428. The van der Waals surface area contributed by atoms with Crippen LogP contribution in [0.15, 0.2) is 53.1 Å². The molecule has 4 aromatic rings. The first-order valence-electron chi connectivity index (χ1n) is 12.4. The van der Waals surface area contributed by atoms with E-state index in [9.17, 15) is 0 Å². The summed E-state index contributed by atoms with van der Waals surface area (Å²) in [5.41, 5.74) is 2.64. The van der Waals surface area contributed by atoms with Crippen LogP contribution in [0.25, 0.3) is 33.3 Å². The molecule has 3 heterocycles. The molecule has 0 saturated carbocycles. The van der Waals surface area contributed by atoms with Gasteiger partial charge in [0.25, 0.3) is 0 Å². The van der Waals surface area contributed by atoms with Crippen molar-refractivity contribution in [2.75, 3.05) is 0 Å². The summed E-state index contributed by atoms with van der Waals surface area (Å²) in [6.07, 6.45) is 1.41. The predicted molar refractivity (Wildman–Crippen MR) is 107 cm³/mol. The number of pyridine rings is 2. The van der Waals surface area contributed by atoms with E-state index in [1.165, 1.54) is 26.1 Å². The van der Waals surface area contributed by atoms with Gasteiger partial charge in [-0.1, -0.05) is 39.7 Å². The Hall–Kier alpha value is -2.68. The highest BCUT2D eigenvalue weighted by atomic mass is 16.3. The van der Waals surface area contributed by atoms with Crippen molar-refractivity contribution >= 4 is 22.1 Å². The van der Waals surface area contributed by atoms with Crippen LogP contribution in [0, 0.1) is 5.89 Å². The van der Waals surface area contributed by atoms with Crippen LogP contribution in [0.3, 0.4) is 0 Å². The van der Waals surface area contributed by atoms with Gasteiger partial charge in [-0.2, -0.15) is 0 Å². The van der Waals surface area contributed by atoms with E-state index in [2.05, 4.69) is 9.97 Å². The lowest BCUT2D eigenvalue weighted by Crippen LogP contribution is -1.96. The molecule has 0 spiro atoms. The van der Waals surface area contributed by atoms with Crippen molar-refractivity contribution in [1.82, 2.24) is 9.97 Å². The molecule has 3 heteroatoms. The molecule has 0 aliphatic rings. The molecule has 4 rings (SSSR count). The van der Waals surface area contributed by atoms with Gasteiger partial charge in [-0.25, -0.2) is 4.98 Å². The Morgan fingerprint density at radius 3 is 2.88 bits per heavy atom. The van der Waals surface area contributed by atoms with Gasteiger partial charge in [0.2, 0.25) is 5.71 Å². The van der Waals surface area contributed by atoms with Crippen LogP contribution in [-0.4, -0.2) is 9.97 Å². The second-order valence-corrected chi connectivity index (χ2v) is 6.45. The molecule has 26 heavy (non-hydrogen) atoms. The highest BCUT2D eigenvalue weighted by Gasteiger charge is 2.15. The van der Waals surface area contributed by atoms with Gasteiger partial charge in [0.15, 0.2) is 0 Å². The molecule has 2 unspecified atom stereocenters. The van der Waals surface area contributed by atoms with E-state index in [1.54, 1.807) is 24.3 Å². The van der Waals surface area contributed by atoms with Crippen molar-refractivity contribution in [3.05, 3.63) is 59.9 Å². The zero-order chi connectivity index (χ0) is 25.1. The van der Waals surface area contributed by atoms with Crippen molar-refractivity contribution in [3.63, 3.8) is 0 Å². The number of furan rings is 1. The number of benzene rings is 1. The topological polar surface area (TPSA) is 38.9 Å². The molecule has 0 bridgehead atoms. The summed E-state index contributed by atoms with van der Waals surface area (Å²) in [5.74, 6) is -3.50. The van der Waals surface area contributed by atoms with Gasteiger partial charge in [-0.3, -0.25) is 4.98 Å². The molecule has 0 N–H and O–H groups in total. The standard InChI is InChI=1S/C23H24N2O/c1-14(2)12-17-8-9-19-18-6-5-7-20(22(18)26-23(19)25-17)21-13-16(15(3)4)10-11-24-21/h5-11,13-15H,12H2,1-4H3/i1D3,3D3,14D,15D. The van der Waals surface area contributed by atoms with E-state index in [4.69, 9.17) is 15.4 Å². The fourth-order valence-electron chi connectivity index (χ4n) is 3.10. The molecule has 0 fully saturated rings. The van der Waals surface area contributed by atoms with Gasteiger partial charge in [0.05, 0.1) is 5.69 Å². The first-order chi connectivity index (χ1) is 15.6. The lowest BCUT2D eigenvalue weighted by molar-refractivity contribution is 0.621. The van der Waals surface area contributed by atoms with E-state index >= 15 is 0 Å². The third-order valence-electron chi connectivity index (χ3n) is 4.34. The van der Waals surface area contributed by atoms with Crippen LogP contribution in [-0.2, 0) is 6.42 Å². The zero-order valence-corrected chi connectivity index (χ0v) is 14.6. The van der Waals surface area contributed by atoms with Crippen molar-refractivity contribution in [2.24, 2.45) is 5.89 Å². The molecule has 0 amide bonds. The number of para-hydroxylation sites is 1. The van der Waals surface area contributed by atoms with E-state index in [0.29, 0.717) is 33.8 Å². The third kappa shape index (κ3) is 2.98. The number of fused-ring (bicyclic) bond motifs is 3. The van der Waals surface area contributed by atoms with Gasteiger partial charge in [0.1, 0.15) is 5.58 Å². The second kappa shape index (κ2) is 6.56. The molecule has 3 aromatic heterocycles. The first-order valence-corrected chi connectivity index (χ1v) is 8.40. The molecule has 0 aliphatic heterocycles. The molecule has 132 valence electrons. The fraction of sp³-hybridized carbons (Fsp3) is 0.304. The zero-order valence-electron chi connectivity index (χ0n) is 22.6. The number of aromatic nitrogens is 2. The highest BCUT2D eigenvalue weighted by Crippen LogP contribution is 2.35. The number of hydrogen-bond donors (Lipinski definition) is 0. The summed E-state index contributed by atoms with van der Waals surface area (Å²) in [6, 6.07) is 12.1. The minimum Gasteiger partial charge on any atom is -0.437 e. The maximum absolute atomic E-state index is 8.39. The van der Waals surface area contributed by atoms with Crippen molar-refractivity contribution < 1.29 is 15.4 Å². The van der Waals surface area contributed by atoms with Gasteiger partial charge in [-0.05, 0) is 54.1 Å². The summed E-state index contributed by atoms with van der Waals surface area (Å²) < 4.78 is 68.6. The molecule has 0 radical (unpaired) electrons. The molecular formula is C23H24N2O. The normalized spacial score (nSPS) is 21.9. The lowest BCUT2D eigenvalue weighted by atomic mass is 10.0. The lowest BCUT2D eigenvalue weighted by Gasteiger charge is -2.07. The van der Waals surface area contributed by atoms with Crippen LogP contribution in [0.4, 0.5) is 0 Å². The molecule has 0 aliphatic carbocycles. The minimum atomic E-state index is -2.52. The van der Waals surface area contributed by atoms with E-state index < -0.39 is 25.5 Å². The van der Waals surface area contributed by atoms with Crippen LogP contribution < -0.4 is 0 Å². The van der Waals surface area contributed by atoms with Crippen molar-refractivity contribution in [3.8, 4) is 11.3 Å². The summed E-state index contributed by atoms with van der Waals surface area (Å²) >= 11 is 0. The van der Waals surface area contributed by atoms with Crippen molar-refractivity contribution in [2.45, 2.75) is 39.9 Å². The Morgan fingerprint density at radius 2 is 2.04 bits per heavy atom.